The first kappa shape index (κ1) is 18.0. The van der Waals surface area contributed by atoms with E-state index in [1.807, 2.05) is 0 Å². The number of methoxy groups -OCH3 is 1. The number of para-hydroxylation sites is 1. The Labute approximate surface area is 155 Å². The Bertz CT molecular complexity index is 980. The first-order valence-corrected chi connectivity index (χ1v) is 8.07. The van der Waals surface area contributed by atoms with Gasteiger partial charge in [-0.2, -0.15) is 0 Å². The molecule has 0 unspecified atom stereocenters. The predicted octanol–water partition coefficient (Wildman–Crippen LogP) is 2.00. The molecule has 2 aromatic carbocycles. The van der Waals surface area contributed by atoms with Gasteiger partial charge in [0.2, 0.25) is 5.88 Å². The van der Waals surface area contributed by atoms with E-state index < -0.39 is 11.8 Å². The number of nitrogens with one attached hydrogen (secondary N) is 1. The number of primary amides is 1. The molecule has 0 bridgehead atoms. The molecule has 0 aliphatic carbocycles. The molecule has 0 radical (unpaired) electrons. The summed E-state index contributed by atoms with van der Waals surface area (Å²) in [5, 5.41) is 12.4. The second-order valence-electron chi connectivity index (χ2n) is 5.76. The van der Waals surface area contributed by atoms with Crippen LogP contribution < -0.4 is 15.8 Å². The van der Waals surface area contributed by atoms with E-state index in [4.69, 9.17) is 10.5 Å². The zero-order chi connectivity index (χ0) is 19.4. The molecule has 8 heteroatoms. The zero-order valence-corrected chi connectivity index (χ0v) is 14.5. The van der Waals surface area contributed by atoms with Gasteiger partial charge in [0.05, 0.1) is 19.0 Å². The molecular weight excluding hydrogens is 348 g/mol. The van der Waals surface area contributed by atoms with Crippen molar-refractivity contribution in [2.24, 2.45) is 5.73 Å². The van der Waals surface area contributed by atoms with Gasteiger partial charge in [0.25, 0.3) is 11.8 Å². The van der Waals surface area contributed by atoms with Crippen molar-refractivity contribution >= 4 is 17.5 Å². The van der Waals surface area contributed by atoms with Gasteiger partial charge in [-0.3, -0.25) is 9.59 Å². The van der Waals surface area contributed by atoms with Crippen LogP contribution >= 0.6 is 0 Å². The average Bonchev–Trinajstić information content (AvgIpc) is 3.03. The minimum absolute atomic E-state index is 0.0523. The minimum Gasteiger partial charge on any atom is -0.496 e. The Morgan fingerprint density at radius 3 is 2.56 bits per heavy atom. The van der Waals surface area contributed by atoms with Crippen LogP contribution in [0.4, 0.5) is 5.69 Å². The lowest BCUT2D eigenvalue weighted by Gasteiger charge is -2.10. The van der Waals surface area contributed by atoms with Crippen LogP contribution in [0, 0.1) is 0 Å². The van der Waals surface area contributed by atoms with Crippen LogP contribution in [0.2, 0.25) is 0 Å². The third-order valence-electron chi connectivity index (χ3n) is 3.97. The average molecular weight is 366 g/mol. The maximum absolute atomic E-state index is 12.4. The summed E-state index contributed by atoms with van der Waals surface area (Å²) in [6.07, 6.45) is 1.34. The van der Waals surface area contributed by atoms with Crippen molar-refractivity contribution in [1.82, 2.24) is 9.55 Å². The van der Waals surface area contributed by atoms with Crippen molar-refractivity contribution in [3.05, 3.63) is 71.7 Å². The second kappa shape index (κ2) is 7.61. The van der Waals surface area contributed by atoms with E-state index in [1.165, 1.54) is 18.0 Å². The van der Waals surface area contributed by atoms with E-state index in [9.17, 15) is 14.7 Å². The van der Waals surface area contributed by atoms with Gasteiger partial charge in [-0.1, -0.05) is 24.3 Å². The van der Waals surface area contributed by atoms with Crippen molar-refractivity contribution in [2.75, 3.05) is 12.4 Å². The number of aromatic hydroxyl groups is 1. The SMILES string of the molecule is COc1ccccc1C(=O)Nc1ccc(Cn2cnc(O)c2C(N)=O)cc1. The van der Waals surface area contributed by atoms with E-state index in [0.717, 1.165) is 5.56 Å². The third kappa shape index (κ3) is 3.90. The molecule has 1 heterocycles. The number of imidazole rings is 1. The molecule has 0 aliphatic heterocycles. The number of amides is 2. The van der Waals surface area contributed by atoms with Crippen LogP contribution in [-0.4, -0.2) is 33.6 Å². The summed E-state index contributed by atoms with van der Waals surface area (Å²) in [6.45, 7) is 0.298. The molecule has 3 rings (SSSR count). The fourth-order valence-corrected chi connectivity index (χ4v) is 2.66. The van der Waals surface area contributed by atoms with Crippen LogP contribution in [0.5, 0.6) is 11.6 Å². The number of rotatable bonds is 6. The number of nitrogens with zero attached hydrogens (tertiary/aromatic N) is 2. The summed E-state index contributed by atoms with van der Waals surface area (Å²) >= 11 is 0. The van der Waals surface area contributed by atoms with Crippen LogP contribution in [0.3, 0.4) is 0 Å². The highest BCUT2D eigenvalue weighted by atomic mass is 16.5. The van der Waals surface area contributed by atoms with Gasteiger partial charge >= 0.3 is 0 Å². The van der Waals surface area contributed by atoms with Crippen molar-refractivity contribution in [3.8, 4) is 11.6 Å². The van der Waals surface area contributed by atoms with Crippen molar-refractivity contribution in [1.29, 1.82) is 0 Å². The quantitative estimate of drug-likeness (QED) is 0.616. The summed E-state index contributed by atoms with van der Waals surface area (Å²) in [5.74, 6) is -0.949. The highest BCUT2D eigenvalue weighted by Crippen LogP contribution is 2.20. The maximum Gasteiger partial charge on any atom is 0.271 e. The highest BCUT2D eigenvalue weighted by molar-refractivity contribution is 6.06. The largest absolute Gasteiger partial charge is 0.496 e. The van der Waals surface area contributed by atoms with Gasteiger partial charge in [0.15, 0.2) is 5.69 Å². The van der Waals surface area contributed by atoms with Crippen LogP contribution in [0.25, 0.3) is 0 Å². The van der Waals surface area contributed by atoms with Gasteiger partial charge < -0.3 is 25.5 Å². The molecule has 27 heavy (non-hydrogen) atoms. The molecular formula is C19H18N4O4. The van der Waals surface area contributed by atoms with Crippen molar-refractivity contribution < 1.29 is 19.4 Å². The number of ether oxygens (including phenoxy) is 1. The van der Waals surface area contributed by atoms with E-state index in [0.29, 0.717) is 23.5 Å². The fourth-order valence-electron chi connectivity index (χ4n) is 2.66. The first-order chi connectivity index (χ1) is 13.0. The zero-order valence-electron chi connectivity index (χ0n) is 14.5. The lowest BCUT2D eigenvalue weighted by atomic mass is 10.1. The summed E-state index contributed by atoms with van der Waals surface area (Å²) in [7, 11) is 1.51. The van der Waals surface area contributed by atoms with E-state index in [-0.39, 0.29) is 11.6 Å². The van der Waals surface area contributed by atoms with Crippen LogP contribution in [-0.2, 0) is 6.54 Å². The summed E-state index contributed by atoms with van der Waals surface area (Å²) < 4.78 is 6.65. The van der Waals surface area contributed by atoms with E-state index in [1.54, 1.807) is 48.5 Å². The number of nitrogens with two attached hydrogens (primary N) is 1. The Morgan fingerprint density at radius 1 is 1.19 bits per heavy atom. The maximum atomic E-state index is 12.4. The number of anilines is 1. The molecule has 0 saturated heterocycles. The highest BCUT2D eigenvalue weighted by Gasteiger charge is 2.16. The minimum atomic E-state index is -0.759. The van der Waals surface area contributed by atoms with Gasteiger partial charge in [-0.05, 0) is 29.8 Å². The molecule has 2 amide bonds. The molecule has 0 aliphatic rings. The Balaban J connectivity index is 1.72. The topological polar surface area (TPSA) is 119 Å². The van der Waals surface area contributed by atoms with Crippen LogP contribution in [0.15, 0.2) is 54.9 Å². The van der Waals surface area contributed by atoms with Crippen LogP contribution in [0.1, 0.15) is 26.4 Å². The number of carbonyl (C=O) groups is 2. The Hall–Kier alpha value is -3.81. The van der Waals surface area contributed by atoms with Crippen molar-refractivity contribution in [2.45, 2.75) is 6.54 Å². The molecule has 1 aromatic heterocycles. The molecule has 0 saturated carbocycles. The number of hydrogen-bond donors (Lipinski definition) is 3. The van der Waals surface area contributed by atoms with Crippen molar-refractivity contribution in [3.63, 3.8) is 0 Å². The molecule has 8 nitrogen and oxygen atoms in total. The molecule has 138 valence electrons. The Morgan fingerprint density at radius 2 is 1.89 bits per heavy atom. The Kier molecular flexibility index (Phi) is 5.07. The van der Waals surface area contributed by atoms with E-state index in [2.05, 4.69) is 10.3 Å². The lowest BCUT2D eigenvalue weighted by Crippen LogP contribution is -2.17. The summed E-state index contributed by atoms with van der Waals surface area (Å²) in [4.78, 5) is 27.5. The molecule has 0 atom stereocenters. The number of benzene rings is 2. The summed E-state index contributed by atoms with van der Waals surface area (Å²) in [6, 6.07) is 14.0. The van der Waals surface area contributed by atoms with Gasteiger partial charge in [-0.15, -0.1) is 0 Å². The van der Waals surface area contributed by atoms with Gasteiger partial charge in [0.1, 0.15) is 5.75 Å². The standard InChI is InChI=1S/C19H18N4O4/c1-27-15-5-3-2-4-14(15)18(25)22-13-8-6-12(7-9-13)10-23-11-21-19(26)16(23)17(20)24/h2-9,11,26H,10H2,1H3,(H2,20,24)(H,22,25). The summed E-state index contributed by atoms with van der Waals surface area (Å²) in [5.41, 5.74) is 7.08. The molecule has 3 aromatic rings. The molecule has 0 fully saturated rings. The smallest absolute Gasteiger partial charge is 0.271 e. The fraction of sp³-hybridized carbons (Fsp3) is 0.105. The monoisotopic (exact) mass is 366 g/mol. The predicted molar refractivity (Wildman–Crippen MR) is 98.9 cm³/mol. The number of carbonyl (C=O) groups excluding carboxylic acids is 2. The molecule has 0 spiro atoms. The lowest BCUT2D eigenvalue weighted by molar-refractivity contribution is 0.0986. The van der Waals surface area contributed by atoms with Gasteiger partial charge in [-0.25, -0.2) is 4.98 Å². The van der Waals surface area contributed by atoms with E-state index >= 15 is 0 Å². The first-order valence-electron chi connectivity index (χ1n) is 8.07. The normalized spacial score (nSPS) is 10.4. The number of aromatic nitrogens is 2. The second-order valence-corrected chi connectivity index (χ2v) is 5.76. The third-order valence-corrected chi connectivity index (χ3v) is 3.97. The van der Waals surface area contributed by atoms with Gasteiger partial charge in [0, 0.05) is 12.2 Å². The number of hydrogen-bond acceptors (Lipinski definition) is 5. The molecule has 4 N–H and O–H groups in total.